The summed E-state index contributed by atoms with van der Waals surface area (Å²) in [6, 6.07) is 21.8. The van der Waals surface area contributed by atoms with Crippen molar-refractivity contribution in [1.82, 2.24) is 0 Å². The first-order valence-electron chi connectivity index (χ1n) is 7.43. The predicted molar refractivity (Wildman–Crippen MR) is 94.0 cm³/mol. The molecule has 0 aliphatic carbocycles. The molecule has 0 N–H and O–H groups in total. The van der Waals surface area contributed by atoms with E-state index in [2.05, 4.69) is 17.1 Å². The van der Waals surface area contributed by atoms with Crippen LogP contribution in [-0.4, -0.2) is 13.3 Å². The number of nitrogens with zero attached hydrogens (tertiary/aromatic N) is 1. The number of hydrogen-bond donors (Lipinski definition) is 0. The first-order chi connectivity index (χ1) is 11.3. The molecule has 0 amide bonds. The number of hydrogen-bond acceptors (Lipinski definition) is 3. The summed E-state index contributed by atoms with van der Waals surface area (Å²) in [7, 11) is 1.66. The van der Waals surface area contributed by atoms with Gasteiger partial charge < -0.3 is 9.15 Å². The van der Waals surface area contributed by atoms with Crippen LogP contribution in [0.5, 0.6) is 5.75 Å². The normalized spacial score (nSPS) is 11.5. The second kappa shape index (κ2) is 5.61. The third-order valence-corrected chi connectivity index (χ3v) is 3.84. The lowest BCUT2D eigenvalue weighted by molar-refractivity contribution is 0.415. The smallest absolute Gasteiger partial charge is 0.135 e. The van der Waals surface area contributed by atoms with Crippen molar-refractivity contribution in [2.45, 2.75) is 0 Å². The van der Waals surface area contributed by atoms with Gasteiger partial charge in [-0.2, -0.15) is 0 Å². The van der Waals surface area contributed by atoms with Gasteiger partial charge in [-0.3, -0.25) is 4.99 Å². The maximum absolute atomic E-state index is 5.83. The fourth-order valence-electron chi connectivity index (χ4n) is 2.63. The van der Waals surface area contributed by atoms with Crippen molar-refractivity contribution in [3.05, 3.63) is 72.3 Å². The van der Waals surface area contributed by atoms with Crippen LogP contribution in [0.2, 0.25) is 0 Å². The number of methoxy groups -OCH3 is 1. The molecule has 3 heteroatoms. The van der Waals surface area contributed by atoms with E-state index in [1.165, 1.54) is 0 Å². The molecule has 23 heavy (non-hydrogen) atoms. The summed E-state index contributed by atoms with van der Waals surface area (Å²) >= 11 is 0. The lowest BCUT2D eigenvalue weighted by atomic mass is 10.1. The van der Waals surface area contributed by atoms with Crippen molar-refractivity contribution >= 4 is 33.8 Å². The third kappa shape index (κ3) is 2.57. The molecule has 0 saturated heterocycles. The Kier molecular flexibility index (Phi) is 3.31. The molecule has 4 aromatic rings. The lowest BCUT2D eigenvalue weighted by Gasteiger charge is -1.99. The first-order valence-corrected chi connectivity index (χ1v) is 7.43. The number of para-hydroxylation sites is 1. The summed E-state index contributed by atoms with van der Waals surface area (Å²) in [4.78, 5) is 4.56. The highest BCUT2D eigenvalue weighted by molar-refractivity contribution is 6.05. The van der Waals surface area contributed by atoms with E-state index < -0.39 is 0 Å². The Labute approximate surface area is 133 Å². The van der Waals surface area contributed by atoms with Gasteiger partial charge in [0.05, 0.1) is 12.8 Å². The zero-order valence-electron chi connectivity index (χ0n) is 12.7. The van der Waals surface area contributed by atoms with Gasteiger partial charge in [0.1, 0.15) is 16.9 Å². The average molecular weight is 301 g/mol. The first kappa shape index (κ1) is 13.6. The number of furan rings is 1. The monoisotopic (exact) mass is 301 g/mol. The molecule has 1 heterocycles. The Morgan fingerprint density at radius 3 is 2.48 bits per heavy atom. The van der Waals surface area contributed by atoms with Crippen LogP contribution >= 0.6 is 0 Å². The van der Waals surface area contributed by atoms with Gasteiger partial charge in [0.15, 0.2) is 0 Å². The van der Waals surface area contributed by atoms with Gasteiger partial charge in [0.2, 0.25) is 0 Å². The van der Waals surface area contributed by atoms with Crippen molar-refractivity contribution < 1.29 is 9.15 Å². The van der Waals surface area contributed by atoms with E-state index in [0.29, 0.717) is 0 Å². The van der Waals surface area contributed by atoms with E-state index in [0.717, 1.165) is 38.9 Å². The quantitative estimate of drug-likeness (QED) is 0.478. The molecule has 0 aliphatic rings. The number of ether oxygens (including phenoxy) is 1. The number of aliphatic imine (C=N–C) groups is 1. The highest BCUT2D eigenvalue weighted by atomic mass is 16.5. The largest absolute Gasteiger partial charge is 0.497 e. The summed E-state index contributed by atoms with van der Waals surface area (Å²) in [5.41, 5.74) is 3.72. The Hall–Kier alpha value is -3.07. The molecule has 0 fully saturated rings. The maximum atomic E-state index is 5.83. The summed E-state index contributed by atoms with van der Waals surface area (Å²) in [5.74, 6) is 0.841. The van der Waals surface area contributed by atoms with Crippen molar-refractivity contribution in [1.29, 1.82) is 0 Å². The molecule has 0 spiro atoms. The van der Waals surface area contributed by atoms with E-state index in [-0.39, 0.29) is 0 Å². The molecule has 0 unspecified atom stereocenters. The predicted octanol–water partition coefficient (Wildman–Crippen LogP) is 5.35. The zero-order valence-corrected chi connectivity index (χ0v) is 12.7. The van der Waals surface area contributed by atoms with Crippen molar-refractivity contribution in [2.75, 3.05) is 7.11 Å². The molecular formula is C20H15NO2. The van der Waals surface area contributed by atoms with E-state index in [4.69, 9.17) is 9.15 Å². The van der Waals surface area contributed by atoms with Gasteiger partial charge >= 0.3 is 0 Å². The number of benzene rings is 3. The molecular weight excluding hydrogens is 286 g/mol. The van der Waals surface area contributed by atoms with Gasteiger partial charge in [0, 0.05) is 17.0 Å². The Morgan fingerprint density at radius 2 is 1.65 bits per heavy atom. The summed E-state index contributed by atoms with van der Waals surface area (Å²) < 4.78 is 11.0. The molecule has 4 rings (SSSR count). The minimum absolute atomic E-state index is 0.841. The maximum Gasteiger partial charge on any atom is 0.135 e. The summed E-state index contributed by atoms with van der Waals surface area (Å²) in [6.45, 7) is 0. The van der Waals surface area contributed by atoms with Crippen LogP contribution in [0.25, 0.3) is 21.9 Å². The second-order valence-corrected chi connectivity index (χ2v) is 5.31. The third-order valence-electron chi connectivity index (χ3n) is 3.84. The number of rotatable bonds is 3. The fourth-order valence-corrected chi connectivity index (χ4v) is 2.63. The van der Waals surface area contributed by atoms with Gasteiger partial charge in [-0.25, -0.2) is 0 Å². The van der Waals surface area contributed by atoms with Gasteiger partial charge in [-0.05, 0) is 54.1 Å². The second-order valence-electron chi connectivity index (χ2n) is 5.31. The molecule has 0 aliphatic heterocycles. The molecule has 1 aromatic heterocycles. The molecule has 0 saturated carbocycles. The molecule has 112 valence electrons. The van der Waals surface area contributed by atoms with Gasteiger partial charge in [-0.15, -0.1) is 0 Å². The van der Waals surface area contributed by atoms with Crippen LogP contribution in [0.15, 0.2) is 76.1 Å². The number of fused-ring (bicyclic) bond motifs is 3. The van der Waals surface area contributed by atoms with Crippen molar-refractivity contribution in [2.24, 2.45) is 4.99 Å². The Morgan fingerprint density at radius 1 is 0.870 bits per heavy atom. The standard InChI is InChI=1S/C20H15NO2/c1-22-16-9-6-14(7-10-16)13-21-15-8-11-20-18(12-15)17-4-2-3-5-19(17)23-20/h2-13H,1H3. The fraction of sp³-hybridized carbons (Fsp3) is 0.0500. The van der Waals surface area contributed by atoms with Crippen LogP contribution < -0.4 is 4.74 Å². The molecule has 3 aromatic carbocycles. The summed E-state index contributed by atoms with van der Waals surface area (Å²) in [5, 5.41) is 2.20. The van der Waals surface area contributed by atoms with E-state index >= 15 is 0 Å². The highest BCUT2D eigenvalue weighted by Gasteiger charge is 2.06. The highest BCUT2D eigenvalue weighted by Crippen LogP contribution is 2.31. The molecule has 0 radical (unpaired) electrons. The van der Waals surface area contributed by atoms with Crippen molar-refractivity contribution in [3.8, 4) is 5.75 Å². The van der Waals surface area contributed by atoms with Crippen LogP contribution in [0.1, 0.15) is 5.56 Å². The Bertz CT molecular complexity index is 997. The Balaban J connectivity index is 1.70. The minimum atomic E-state index is 0.841. The molecule has 0 bridgehead atoms. The van der Waals surface area contributed by atoms with Crippen LogP contribution in [0.3, 0.4) is 0 Å². The van der Waals surface area contributed by atoms with Crippen LogP contribution in [0.4, 0.5) is 5.69 Å². The van der Waals surface area contributed by atoms with E-state index in [1.807, 2.05) is 60.8 Å². The zero-order chi connectivity index (χ0) is 15.6. The molecule has 3 nitrogen and oxygen atoms in total. The van der Waals surface area contributed by atoms with Gasteiger partial charge in [0.25, 0.3) is 0 Å². The topological polar surface area (TPSA) is 34.7 Å². The van der Waals surface area contributed by atoms with E-state index in [9.17, 15) is 0 Å². The average Bonchev–Trinajstić information content (AvgIpc) is 2.98. The lowest BCUT2D eigenvalue weighted by Crippen LogP contribution is -1.84. The minimum Gasteiger partial charge on any atom is -0.497 e. The van der Waals surface area contributed by atoms with Crippen LogP contribution in [-0.2, 0) is 0 Å². The summed E-state index contributed by atoms with van der Waals surface area (Å²) in [6.07, 6.45) is 1.85. The van der Waals surface area contributed by atoms with Crippen molar-refractivity contribution in [3.63, 3.8) is 0 Å². The molecule has 0 atom stereocenters. The van der Waals surface area contributed by atoms with Gasteiger partial charge in [-0.1, -0.05) is 18.2 Å². The van der Waals surface area contributed by atoms with E-state index in [1.54, 1.807) is 7.11 Å². The SMILES string of the molecule is COc1ccc(C=Nc2ccc3oc4ccccc4c3c2)cc1. The van der Waals surface area contributed by atoms with Crippen LogP contribution in [0, 0.1) is 0 Å².